The van der Waals surface area contributed by atoms with Gasteiger partial charge >= 0.3 is 0 Å². The van der Waals surface area contributed by atoms with E-state index in [0.29, 0.717) is 12.0 Å². The molecule has 0 aromatic carbocycles. The number of nitrogens with one attached hydrogen (secondary N) is 1. The molecule has 1 saturated heterocycles. The van der Waals surface area contributed by atoms with E-state index in [1.165, 1.54) is 25.7 Å². The molecule has 1 N–H and O–H groups in total. The number of nitrogens with zero attached hydrogens (tertiary/aromatic N) is 2. The van der Waals surface area contributed by atoms with Crippen molar-refractivity contribution in [3.63, 3.8) is 0 Å². The fourth-order valence-electron chi connectivity index (χ4n) is 2.83. The average Bonchev–Trinajstić information content (AvgIpc) is 2.87. The molecule has 19 heavy (non-hydrogen) atoms. The highest BCUT2D eigenvalue weighted by atomic mass is 127. The number of guanidine groups is 1. The molecule has 2 rings (SSSR count). The summed E-state index contributed by atoms with van der Waals surface area (Å²) in [6, 6.07) is 0.658. The Morgan fingerprint density at radius 3 is 2.84 bits per heavy atom. The SMILES string of the molecule is CCCC1CC1NC(=NC)N(C)CC1CCOC1.I. The minimum Gasteiger partial charge on any atom is -0.381 e. The first kappa shape index (κ1) is 17.0. The molecular formula is C14H28IN3O. The van der Waals surface area contributed by atoms with E-state index in [9.17, 15) is 0 Å². The second-order valence-corrected chi connectivity index (χ2v) is 5.69. The van der Waals surface area contributed by atoms with Gasteiger partial charge in [0.1, 0.15) is 0 Å². The summed E-state index contributed by atoms with van der Waals surface area (Å²) in [7, 11) is 4.01. The van der Waals surface area contributed by atoms with Crippen LogP contribution < -0.4 is 5.32 Å². The highest BCUT2D eigenvalue weighted by Gasteiger charge is 2.37. The number of hydrogen-bond donors (Lipinski definition) is 1. The quantitative estimate of drug-likeness (QED) is 0.451. The van der Waals surface area contributed by atoms with Crippen LogP contribution in [0.4, 0.5) is 0 Å². The molecule has 4 nitrogen and oxygen atoms in total. The lowest BCUT2D eigenvalue weighted by molar-refractivity contribution is 0.181. The molecule has 0 aromatic heterocycles. The van der Waals surface area contributed by atoms with Crippen molar-refractivity contribution in [1.29, 1.82) is 0 Å². The van der Waals surface area contributed by atoms with Gasteiger partial charge in [0.05, 0.1) is 6.61 Å². The van der Waals surface area contributed by atoms with Crippen LogP contribution in [-0.2, 0) is 4.74 Å². The maximum atomic E-state index is 5.43. The summed E-state index contributed by atoms with van der Waals surface area (Å²) < 4.78 is 5.43. The topological polar surface area (TPSA) is 36.9 Å². The van der Waals surface area contributed by atoms with Gasteiger partial charge in [0, 0.05) is 39.2 Å². The molecule has 0 aromatic rings. The van der Waals surface area contributed by atoms with Gasteiger partial charge in [-0.25, -0.2) is 0 Å². The largest absolute Gasteiger partial charge is 0.381 e. The zero-order chi connectivity index (χ0) is 13.0. The Morgan fingerprint density at radius 2 is 2.26 bits per heavy atom. The van der Waals surface area contributed by atoms with Crippen molar-refractivity contribution in [2.75, 3.05) is 33.9 Å². The van der Waals surface area contributed by atoms with E-state index in [4.69, 9.17) is 4.74 Å². The van der Waals surface area contributed by atoms with Crippen molar-refractivity contribution < 1.29 is 4.74 Å². The Bertz CT molecular complexity index is 292. The summed E-state index contributed by atoms with van der Waals surface area (Å²) in [5.74, 6) is 2.58. The van der Waals surface area contributed by atoms with Crippen LogP contribution in [0.1, 0.15) is 32.6 Å². The van der Waals surface area contributed by atoms with Gasteiger partial charge in [0.2, 0.25) is 0 Å². The van der Waals surface area contributed by atoms with Crippen LogP contribution in [0.3, 0.4) is 0 Å². The zero-order valence-corrected chi connectivity index (χ0v) is 14.7. The lowest BCUT2D eigenvalue weighted by Crippen LogP contribution is -2.42. The summed E-state index contributed by atoms with van der Waals surface area (Å²) in [6.45, 7) is 5.14. The zero-order valence-electron chi connectivity index (χ0n) is 12.4. The average molecular weight is 381 g/mol. The van der Waals surface area contributed by atoms with Crippen molar-refractivity contribution in [3.8, 4) is 0 Å². The molecule has 1 aliphatic heterocycles. The second kappa shape index (κ2) is 8.29. The van der Waals surface area contributed by atoms with Gasteiger partial charge in [-0.3, -0.25) is 4.99 Å². The Labute approximate surface area is 134 Å². The monoisotopic (exact) mass is 381 g/mol. The van der Waals surface area contributed by atoms with E-state index in [-0.39, 0.29) is 24.0 Å². The number of rotatable bonds is 5. The Morgan fingerprint density at radius 1 is 1.47 bits per heavy atom. The van der Waals surface area contributed by atoms with E-state index in [0.717, 1.165) is 31.6 Å². The molecule has 2 aliphatic rings. The summed E-state index contributed by atoms with van der Waals surface area (Å²) in [5, 5.41) is 3.58. The van der Waals surface area contributed by atoms with Gasteiger partial charge in [-0.05, 0) is 25.2 Å². The molecule has 0 bridgehead atoms. The van der Waals surface area contributed by atoms with Crippen LogP contribution in [0.25, 0.3) is 0 Å². The van der Waals surface area contributed by atoms with Gasteiger partial charge in [-0.1, -0.05) is 13.3 Å². The van der Waals surface area contributed by atoms with Crippen LogP contribution in [0.2, 0.25) is 0 Å². The molecule has 5 heteroatoms. The predicted octanol–water partition coefficient (Wildman–Crippen LogP) is 2.34. The van der Waals surface area contributed by atoms with Crippen LogP contribution in [0.5, 0.6) is 0 Å². The number of aliphatic imine (C=N–C) groups is 1. The van der Waals surface area contributed by atoms with Gasteiger partial charge in [-0.2, -0.15) is 0 Å². The summed E-state index contributed by atoms with van der Waals surface area (Å²) >= 11 is 0. The molecule has 0 spiro atoms. The van der Waals surface area contributed by atoms with Crippen LogP contribution in [0, 0.1) is 11.8 Å². The lowest BCUT2D eigenvalue weighted by atomic mass is 10.1. The maximum Gasteiger partial charge on any atom is 0.193 e. The number of hydrogen-bond acceptors (Lipinski definition) is 2. The molecule has 1 aliphatic carbocycles. The Balaban J connectivity index is 0.00000180. The minimum absolute atomic E-state index is 0. The molecule has 112 valence electrons. The second-order valence-electron chi connectivity index (χ2n) is 5.69. The first-order valence-electron chi connectivity index (χ1n) is 7.26. The Kier molecular flexibility index (Phi) is 7.42. The van der Waals surface area contributed by atoms with Crippen molar-refractivity contribution >= 4 is 29.9 Å². The van der Waals surface area contributed by atoms with E-state index >= 15 is 0 Å². The highest BCUT2D eigenvalue weighted by molar-refractivity contribution is 14.0. The van der Waals surface area contributed by atoms with E-state index in [2.05, 4.69) is 29.2 Å². The smallest absolute Gasteiger partial charge is 0.193 e. The number of halogens is 1. The maximum absolute atomic E-state index is 5.43. The molecular weight excluding hydrogens is 353 g/mol. The third-order valence-electron chi connectivity index (χ3n) is 4.03. The van der Waals surface area contributed by atoms with Crippen molar-refractivity contribution in [3.05, 3.63) is 0 Å². The normalized spacial score (nSPS) is 29.8. The molecule has 1 heterocycles. The van der Waals surface area contributed by atoms with Crippen LogP contribution >= 0.6 is 24.0 Å². The van der Waals surface area contributed by atoms with Gasteiger partial charge in [-0.15, -0.1) is 24.0 Å². The highest BCUT2D eigenvalue weighted by Crippen LogP contribution is 2.34. The molecule has 3 unspecified atom stereocenters. The summed E-state index contributed by atoms with van der Waals surface area (Å²) in [4.78, 5) is 6.65. The van der Waals surface area contributed by atoms with Crippen LogP contribution in [0.15, 0.2) is 4.99 Å². The fourth-order valence-corrected chi connectivity index (χ4v) is 2.83. The Hall–Kier alpha value is -0.0400. The number of ether oxygens (including phenoxy) is 1. The fraction of sp³-hybridized carbons (Fsp3) is 0.929. The van der Waals surface area contributed by atoms with Crippen LogP contribution in [-0.4, -0.2) is 50.8 Å². The third-order valence-corrected chi connectivity index (χ3v) is 4.03. The van der Waals surface area contributed by atoms with Gasteiger partial charge in [0.25, 0.3) is 0 Å². The minimum atomic E-state index is 0. The molecule has 1 saturated carbocycles. The molecule has 0 amide bonds. The van der Waals surface area contributed by atoms with E-state index in [1.54, 1.807) is 0 Å². The first-order chi connectivity index (χ1) is 8.74. The first-order valence-corrected chi connectivity index (χ1v) is 7.26. The van der Waals surface area contributed by atoms with E-state index < -0.39 is 0 Å². The standard InChI is InChI=1S/C14H27N3O.HI/c1-4-5-12-8-13(12)16-14(15-2)17(3)9-11-6-7-18-10-11;/h11-13H,4-10H2,1-3H3,(H,15,16);1H. The summed E-state index contributed by atoms with van der Waals surface area (Å²) in [5.41, 5.74) is 0. The predicted molar refractivity (Wildman–Crippen MR) is 90.3 cm³/mol. The molecule has 2 fully saturated rings. The van der Waals surface area contributed by atoms with Crippen molar-refractivity contribution in [1.82, 2.24) is 10.2 Å². The van der Waals surface area contributed by atoms with Crippen molar-refractivity contribution in [2.24, 2.45) is 16.8 Å². The van der Waals surface area contributed by atoms with Gasteiger partial charge < -0.3 is 15.0 Å². The third kappa shape index (κ3) is 5.10. The molecule has 0 radical (unpaired) electrons. The summed E-state index contributed by atoms with van der Waals surface area (Å²) in [6.07, 6.45) is 5.13. The van der Waals surface area contributed by atoms with Crippen molar-refractivity contribution in [2.45, 2.75) is 38.6 Å². The van der Waals surface area contributed by atoms with E-state index in [1.807, 2.05) is 7.05 Å². The molecule has 3 atom stereocenters. The van der Waals surface area contributed by atoms with Gasteiger partial charge in [0.15, 0.2) is 5.96 Å². The lowest BCUT2D eigenvalue weighted by Gasteiger charge is -2.24.